The van der Waals surface area contributed by atoms with Gasteiger partial charge in [-0.15, -0.1) is 0 Å². The number of esters is 1. The number of hydrogen-bond donors (Lipinski definition) is 2. The van der Waals surface area contributed by atoms with Crippen molar-refractivity contribution in [2.45, 2.75) is 44.7 Å². The molecule has 19 heavy (non-hydrogen) atoms. The maximum atomic E-state index is 11.9. The number of carboxylic acid groups (broad SMARTS) is 1. The molecule has 0 aromatic heterocycles. The number of carbonyl (C=O) groups excluding carboxylic acids is 2. The van der Waals surface area contributed by atoms with Crippen LogP contribution in [0.3, 0.4) is 0 Å². The lowest BCUT2D eigenvalue weighted by Crippen LogP contribution is -2.49. The molecular weight excluding hydrogens is 252 g/mol. The molecule has 7 nitrogen and oxygen atoms in total. The molecule has 1 rings (SSSR count). The number of ether oxygens (including phenoxy) is 1. The highest BCUT2D eigenvalue weighted by Crippen LogP contribution is 2.16. The van der Waals surface area contributed by atoms with Crippen LogP contribution in [-0.4, -0.2) is 53.7 Å². The molecule has 0 saturated carbocycles. The van der Waals surface area contributed by atoms with Gasteiger partial charge >= 0.3 is 18.0 Å². The molecule has 0 radical (unpaired) electrons. The van der Waals surface area contributed by atoms with Gasteiger partial charge in [0.1, 0.15) is 6.04 Å². The van der Waals surface area contributed by atoms with Crippen molar-refractivity contribution in [3.63, 3.8) is 0 Å². The summed E-state index contributed by atoms with van der Waals surface area (Å²) < 4.78 is 4.45. The van der Waals surface area contributed by atoms with Gasteiger partial charge in [-0.3, -0.25) is 4.79 Å². The zero-order valence-electron chi connectivity index (χ0n) is 11.2. The summed E-state index contributed by atoms with van der Waals surface area (Å²) in [6.07, 6.45) is 1.83. The fraction of sp³-hybridized carbons (Fsp3) is 0.750. The summed E-state index contributed by atoms with van der Waals surface area (Å²) >= 11 is 0. The molecule has 2 N–H and O–H groups in total. The van der Waals surface area contributed by atoms with E-state index in [9.17, 15) is 14.4 Å². The third-order valence-corrected chi connectivity index (χ3v) is 3.27. The van der Waals surface area contributed by atoms with Crippen molar-refractivity contribution >= 4 is 18.0 Å². The van der Waals surface area contributed by atoms with E-state index in [4.69, 9.17) is 5.11 Å². The van der Waals surface area contributed by atoms with Crippen molar-refractivity contribution < 1.29 is 24.2 Å². The molecule has 0 aromatic rings. The molecule has 2 atom stereocenters. The van der Waals surface area contributed by atoms with Crippen molar-refractivity contribution in [1.82, 2.24) is 10.2 Å². The SMILES string of the molecule is COC(=O)CC[C@@H](NC(=O)N1CCCC1C)C(=O)O. The van der Waals surface area contributed by atoms with E-state index >= 15 is 0 Å². The van der Waals surface area contributed by atoms with Crippen LogP contribution >= 0.6 is 0 Å². The smallest absolute Gasteiger partial charge is 0.326 e. The molecule has 1 saturated heterocycles. The summed E-state index contributed by atoms with van der Waals surface area (Å²) in [5.41, 5.74) is 0. The Kier molecular flexibility index (Phi) is 5.59. The number of aliphatic carboxylic acids is 1. The molecule has 1 unspecified atom stereocenters. The van der Waals surface area contributed by atoms with Gasteiger partial charge in [-0.1, -0.05) is 0 Å². The Morgan fingerprint density at radius 3 is 2.63 bits per heavy atom. The average Bonchev–Trinajstić information content (AvgIpc) is 2.79. The number of amides is 2. The number of methoxy groups -OCH3 is 1. The number of rotatable bonds is 5. The number of carboxylic acids is 1. The van der Waals surface area contributed by atoms with Gasteiger partial charge in [-0.25, -0.2) is 9.59 Å². The molecule has 1 aliphatic rings. The van der Waals surface area contributed by atoms with Crippen LogP contribution in [0, 0.1) is 0 Å². The summed E-state index contributed by atoms with van der Waals surface area (Å²) in [5.74, 6) is -1.64. The lowest BCUT2D eigenvalue weighted by Gasteiger charge is -2.24. The van der Waals surface area contributed by atoms with Crippen LogP contribution in [0.25, 0.3) is 0 Å². The molecule has 2 amide bonds. The van der Waals surface area contributed by atoms with E-state index in [0.717, 1.165) is 12.8 Å². The number of likely N-dealkylation sites (tertiary alicyclic amines) is 1. The molecule has 1 fully saturated rings. The lowest BCUT2D eigenvalue weighted by molar-refractivity contribution is -0.142. The number of urea groups is 1. The van der Waals surface area contributed by atoms with Crippen LogP contribution in [0.2, 0.25) is 0 Å². The first-order valence-electron chi connectivity index (χ1n) is 6.32. The van der Waals surface area contributed by atoms with Crippen molar-refractivity contribution in [2.75, 3.05) is 13.7 Å². The van der Waals surface area contributed by atoms with Crippen molar-refractivity contribution in [1.29, 1.82) is 0 Å². The normalized spacial score (nSPS) is 19.9. The van der Waals surface area contributed by atoms with E-state index < -0.39 is 18.0 Å². The highest BCUT2D eigenvalue weighted by molar-refractivity contribution is 5.83. The van der Waals surface area contributed by atoms with Gasteiger partial charge in [-0.05, 0) is 26.2 Å². The van der Waals surface area contributed by atoms with E-state index in [1.54, 1.807) is 4.90 Å². The van der Waals surface area contributed by atoms with E-state index in [-0.39, 0.29) is 24.9 Å². The fourth-order valence-electron chi connectivity index (χ4n) is 2.09. The Morgan fingerprint density at radius 2 is 2.16 bits per heavy atom. The number of nitrogens with one attached hydrogen (secondary N) is 1. The van der Waals surface area contributed by atoms with Crippen molar-refractivity contribution in [3.8, 4) is 0 Å². The van der Waals surface area contributed by atoms with Crippen LogP contribution in [0.5, 0.6) is 0 Å². The minimum atomic E-state index is -1.15. The Balaban J connectivity index is 2.51. The predicted octanol–water partition coefficient (Wildman–Crippen LogP) is 0.587. The van der Waals surface area contributed by atoms with Gasteiger partial charge < -0.3 is 20.1 Å². The third-order valence-electron chi connectivity index (χ3n) is 3.27. The van der Waals surface area contributed by atoms with Crippen LogP contribution in [0.4, 0.5) is 4.79 Å². The largest absolute Gasteiger partial charge is 0.480 e. The molecular formula is C12H20N2O5. The summed E-state index contributed by atoms with van der Waals surface area (Å²) in [7, 11) is 1.24. The maximum absolute atomic E-state index is 11.9. The van der Waals surface area contributed by atoms with Gasteiger partial charge in [0.15, 0.2) is 0 Å². The fourth-order valence-corrected chi connectivity index (χ4v) is 2.09. The molecule has 108 valence electrons. The topological polar surface area (TPSA) is 95.9 Å². The first kappa shape index (κ1) is 15.3. The molecule has 0 bridgehead atoms. The minimum absolute atomic E-state index is 0.0238. The quantitative estimate of drug-likeness (QED) is 0.714. The standard InChI is InChI=1S/C12H20N2O5/c1-8-4-3-7-14(8)12(18)13-9(11(16)17)5-6-10(15)19-2/h8-9H,3-7H2,1-2H3,(H,13,18)(H,16,17)/t8?,9-/m1/s1. The molecule has 0 spiro atoms. The predicted molar refractivity (Wildman–Crippen MR) is 66.6 cm³/mol. The minimum Gasteiger partial charge on any atom is -0.480 e. The number of nitrogens with zero attached hydrogens (tertiary/aromatic N) is 1. The van der Waals surface area contributed by atoms with Crippen LogP contribution < -0.4 is 5.32 Å². The summed E-state index contributed by atoms with van der Waals surface area (Å²) in [6.45, 7) is 2.56. The second-order valence-corrected chi connectivity index (χ2v) is 4.64. The molecule has 7 heteroatoms. The van der Waals surface area contributed by atoms with E-state index in [2.05, 4.69) is 10.1 Å². The maximum Gasteiger partial charge on any atom is 0.326 e. The van der Waals surface area contributed by atoms with E-state index in [1.165, 1.54) is 7.11 Å². The van der Waals surface area contributed by atoms with E-state index in [1.807, 2.05) is 6.92 Å². The Bertz CT molecular complexity index is 358. The highest BCUT2D eigenvalue weighted by atomic mass is 16.5. The first-order chi connectivity index (χ1) is 8.95. The van der Waals surface area contributed by atoms with Gasteiger partial charge in [-0.2, -0.15) is 0 Å². The molecule has 0 aromatic carbocycles. The second kappa shape index (κ2) is 6.96. The van der Waals surface area contributed by atoms with Gasteiger partial charge in [0, 0.05) is 19.0 Å². The van der Waals surface area contributed by atoms with Gasteiger partial charge in [0.2, 0.25) is 0 Å². The zero-order chi connectivity index (χ0) is 14.4. The van der Waals surface area contributed by atoms with Crippen molar-refractivity contribution in [3.05, 3.63) is 0 Å². The zero-order valence-corrected chi connectivity index (χ0v) is 11.2. The lowest BCUT2D eigenvalue weighted by atomic mass is 10.1. The van der Waals surface area contributed by atoms with Crippen LogP contribution in [-0.2, 0) is 14.3 Å². The monoisotopic (exact) mass is 272 g/mol. The molecule has 1 aliphatic heterocycles. The first-order valence-corrected chi connectivity index (χ1v) is 6.32. The Hall–Kier alpha value is -1.79. The van der Waals surface area contributed by atoms with E-state index in [0.29, 0.717) is 6.54 Å². The van der Waals surface area contributed by atoms with Gasteiger partial charge in [0.25, 0.3) is 0 Å². The second-order valence-electron chi connectivity index (χ2n) is 4.64. The average molecular weight is 272 g/mol. The van der Waals surface area contributed by atoms with Crippen LogP contribution in [0.15, 0.2) is 0 Å². The molecule has 1 heterocycles. The van der Waals surface area contributed by atoms with Crippen LogP contribution in [0.1, 0.15) is 32.6 Å². The number of hydrogen-bond acceptors (Lipinski definition) is 4. The highest BCUT2D eigenvalue weighted by Gasteiger charge is 2.28. The Labute approximate surface area is 111 Å². The van der Waals surface area contributed by atoms with Gasteiger partial charge in [0.05, 0.1) is 7.11 Å². The molecule has 0 aliphatic carbocycles. The summed E-state index contributed by atoms with van der Waals surface area (Å²) in [4.78, 5) is 35.6. The Morgan fingerprint density at radius 1 is 1.47 bits per heavy atom. The summed E-state index contributed by atoms with van der Waals surface area (Å²) in [5, 5.41) is 11.5. The number of carbonyl (C=O) groups is 3. The van der Waals surface area contributed by atoms with Crippen molar-refractivity contribution in [2.24, 2.45) is 0 Å². The summed E-state index contributed by atoms with van der Waals surface area (Å²) in [6, 6.07) is -1.34. The third kappa shape index (κ3) is 4.42.